The molecular formula is C19H23N3O2. The number of morpholine rings is 1. The molecular weight excluding hydrogens is 302 g/mol. The monoisotopic (exact) mass is 325 g/mol. The fraction of sp³-hybridized carbons (Fsp3) is 0.316. The molecule has 24 heavy (non-hydrogen) atoms. The molecule has 1 atom stereocenters. The van der Waals surface area contributed by atoms with Gasteiger partial charge in [-0.25, -0.2) is 4.79 Å². The predicted octanol–water partition coefficient (Wildman–Crippen LogP) is 2.88. The third kappa shape index (κ3) is 4.81. The second-order valence-electron chi connectivity index (χ2n) is 5.84. The molecule has 2 N–H and O–H groups in total. The first-order chi connectivity index (χ1) is 11.8. The van der Waals surface area contributed by atoms with Crippen molar-refractivity contribution in [3.8, 4) is 0 Å². The molecule has 5 nitrogen and oxygen atoms in total. The zero-order valence-corrected chi connectivity index (χ0v) is 13.7. The van der Waals surface area contributed by atoms with E-state index < -0.39 is 0 Å². The van der Waals surface area contributed by atoms with Crippen LogP contribution >= 0.6 is 0 Å². The molecule has 0 aromatic heterocycles. The highest BCUT2D eigenvalue weighted by Gasteiger charge is 2.20. The van der Waals surface area contributed by atoms with Gasteiger partial charge in [0, 0.05) is 25.3 Å². The molecule has 126 valence electrons. The van der Waals surface area contributed by atoms with Crippen molar-refractivity contribution in [3.63, 3.8) is 0 Å². The summed E-state index contributed by atoms with van der Waals surface area (Å²) in [6, 6.07) is 19.3. The zero-order valence-electron chi connectivity index (χ0n) is 13.7. The number of hydrogen-bond donors (Lipinski definition) is 2. The van der Waals surface area contributed by atoms with E-state index in [0.29, 0.717) is 0 Å². The average molecular weight is 325 g/mol. The molecule has 2 amide bonds. The normalized spacial score (nSPS) is 16.3. The molecule has 1 fully saturated rings. The SMILES string of the molecule is O=C(Nc1ccccc1)N[C@H](CN1CCOCC1)c1ccccc1. The van der Waals surface area contributed by atoms with E-state index in [1.807, 2.05) is 60.7 Å². The maximum absolute atomic E-state index is 12.4. The Balaban J connectivity index is 1.66. The van der Waals surface area contributed by atoms with E-state index in [0.717, 1.165) is 44.1 Å². The summed E-state index contributed by atoms with van der Waals surface area (Å²) < 4.78 is 5.41. The molecule has 0 unspecified atom stereocenters. The number of carbonyl (C=O) groups is 1. The molecule has 1 saturated heterocycles. The van der Waals surface area contributed by atoms with Crippen LogP contribution in [-0.4, -0.2) is 43.8 Å². The number of hydrogen-bond acceptors (Lipinski definition) is 3. The summed E-state index contributed by atoms with van der Waals surface area (Å²) in [5.74, 6) is 0. The van der Waals surface area contributed by atoms with Crippen molar-refractivity contribution in [1.82, 2.24) is 10.2 Å². The molecule has 5 heteroatoms. The van der Waals surface area contributed by atoms with Gasteiger partial charge in [0.25, 0.3) is 0 Å². The smallest absolute Gasteiger partial charge is 0.319 e. The molecule has 0 saturated carbocycles. The van der Waals surface area contributed by atoms with Gasteiger partial charge in [0.15, 0.2) is 0 Å². The first-order valence-electron chi connectivity index (χ1n) is 8.29. The van der Waals surface area contributed by atoms with Gasteiger partial charge in [0.2, 0.25) is 0 Å². The topological polar surface area (TPSA) is 53.6 Å². The first kappa shape index (κ1) is 16.5. The quantitative estimate of drug-likeness (QED) is 0.889. The Hall–Kier alpha value is -2.37. The summed E-state index contributed by atoms with van der Waals surface area (Å²) in [5.41, 5.74) is 1.89. The van der Waals surface area contributed by atoms with Crippen LogP contribution in [0, 0.1) is 0 Å². The van der Waals surface area contributed by atoms with Crippen LogP contribution in [0.2, 0.25) is 0 Å². The number of carbonyl (C=O) groups excluding carboxylic acids is 1. The minimum atomic E-state index is -0.191. The van der Waals surface area contributed by atoms with Crippen LogP contribution in [0.1, 0.15) is 11.6 Å². The number of amides is 2. The summed E-state index contributed by atoms with van der Waals surface area (Å²) in [7, 11) is 0. The lowest BCUT2D eigenvalue weighted by Crippen LogP contribution is -2.44. The van der Waals surface area contributed by atoms with Gasteiger partial charge >= 0.3 is 6.03 Å². The summed E-state index contributed by atoms with van der Waals surface area (Å²) in [5, 5.41) is 5.98. The van der Waals surface area contributed by atoms with Gasteiger partial charge in [-0.3, -0.25) is 4.90 Å². The largest absolute Gasteiger partial charge is 0.379 e. The molecule has 0 aliphatic carbocycles. The Kier molecular flexibility index (Phi) is 5.82. The van der Waals surface area contributed by atoms with E-state index in [2.05, 4.69) is 15.5 Å². The average Bonchev–Trinajstić information content (AvgIpc) is 2.63. The lowest BCUT2D eigenvalue weighted by Gasteiger charge is -2.31. The molecule has 2 aromatic carbocycles. The van der Waals surface area contributed by atoms with Gasteiger partial charge in [-0.15, -0.1) is 0 Å². The fourth-order valence-electron chi connectivity index (χ4n) is 2.81. The van der Waals surface area contributed by atoms with E-state index in [1.54, 1.807) is 0 Å². The number of urea groups is 1. The van der Waals surface area contributed by atoms with Gasteiger partial charge < -0.3 is 15.4 Å². The number of ether oxygens (including phenoxy) is 1. The van der Waals surface area contributed by atoms with Crippen molar-refractivity contribution in [2.45, 2.75) is 6.04 Å². The fourth-order valence-corrected chi connectivity index (χ4v) is 2.81. The first-order valence-corrected chi connectivity index (χ1v) is 8.29. The standard InChI is InChI=1S/C19H23N3O2/c23-19(20-17-9-5-2-6-10-17)21-18(16-7-3-1-4-8-16)15-22-11-13-24-14-12-22/h1-10,18H,11-15H2,(H2,20,21,23)/t18-/m1/s1. The van der Waals surface area contributed by atoms with Gasteiger partial charge in [-0.05, 0) is 17.7 Å². The minimum Gasteiger partial charge on any atom is -0.379 e. The number of nitrogens with zero attached hydrogens (tertiary/aromatic N) is 1. The molecule has 1 heterocycles. The highest BCUT2D eigenvalue weighted by Crippen LogP contribution is 2.16. The number of para-hydroxylation sites is 1. The maximum Gasteiger partial charge on any atom is 0.319 e. The van der Waals surface area contributed by atoms with E-state index in [9.17, 15) is 4.79 Å². The van der Waals surface area contributed by atoms with Crippen molar-refractivity contribution < 1.29 is 9.53 Å². The third-order valence-corrected chi connectivity index (χ3v) is 4.08. The van der Waals surface area contributed by atoms with Crippen LogP contribution in [-0.2, 0) is 4.74 Å². The molecule has 1 aliphatic rings. The van der Waals surface area contributed by atoms with Crippen LogP contribution < -0.4 is 10.6 Å². The third-order valence-electron chi connectivity index (χ3n) is 4.08. The summed E-state index contributed by atoms with van der Waals surface area (Å²) in [4.78, 5) is 14.7. The molecule has 2 aromatic rings. The summed E-state index contributed by atoms with van der Waals surface area (Å²) >= 11 is 0. The molecule has 3 rings (SSSR count). The summed E-state index contributed by atoms with van der Waals surface area (Å²) in [6.07, 6.45) is 0. The van der Waals surface area contributed by atoms with E-state index in [4.69, 9.17) is 4.74 Å². The van der Waals surface area contributed by atoms with Crippen LogP contribution in [0.5, 0.6) is 0 Å². The Morgan fingerprint density at radius 2 is 1.62 bits per heavy atom. The van der Waals surface area contributed by atoms with E-state index in [-0.39, 0.29) is 12.1 Å². The highest BCUT2D eigenvalue weighted by atomic mass is 16.5. The minimum absolute atomic E-state index is 0.0620. The predicted molar refractivity (Wildman–Crippen MR) is 95.0 cm³/mol. The second-order valence-corrected chi connectivity index (χ2v) is 5.84. The van der Waals surface area contributed by atoms with Crippen molar-refractivity contribution in [2.75, 3.05) is 38.2 Å². The van der Waals surface area contributed by atoms with Crippen molar-refractivity contribution in [2.24, 2.45) is 0 Å². The highest BCUT2D eigenvalue weighted by molar-refractivity contribution is 5.89. The molecule has 0 bridgehead atoms. The number of nitrogens with one attached hydrogen (secondary N) is 2. The Morgan fingerprint density at radius 3 is 2.29 bits per heavy atom. The van der Waals surface area contributed by atoms with Crippen molar-refractivity contribution >= 4 is 11.7 Å². The van der Waals surface area contributed by atoms with Crippen LogP contribution in [0.3, 0.4) is 0 Å². The molecule has 1 aliphatic heterocycles. The van der Waals surface area contributed by atoms with E-state index >= 15 is 0 Å². The van der Waals surface area contributed by atoms with Gasteiger partial charge in [-0.2, -0.15) is 0 Å². The lowest BCUT2D eigenvalue weighted by molar-refractivity contribution is 0.0340. The Bertz CT molecular complexity index is 628. The maximum atomic E-state index is 12.4. The Morgan fingerprint density at radius 1 is 1.00 bits per heavy atom. The number of anilines is 1. The molecule has 0 spiro atoms. The second kappa shape index (κ2) is 8.47. The number of benzene rings is 2. The lowest BCUT2D eigenvalue weighted by atomic mass is 10.1. The Labute approximate surface area is 142 Å². The van der Waals surface area contributed by atoms with Gasteiger partial charge in [0.05, 0.1) is 19.3 Å². The van der Waals surface area contributed by atoms with Gasteiger partial charge in [0.1, 0.15) is 0 Å². The summed E-state index contributed by atoms with van der Waals surface area (Å²) in [6.45, 7) is 4.06. The van der Waals surface area contributed by atoms with Crippen molar-refractivity contribution in [1.29, 1.82) is 0 Å². The van der Waals surface area contributed by atoms with Crippen LogP contribution in [0.15, 0.2) is 60.7 Å². The zero-order chi connectivity index (χ0) is 16.6. The molecule has 0 radical (unpaired) electrons. The van der Waals surface area contributed by atoms with Crippen LogP contribution in [0.25, 0.3) is 0 Å². The van der Waals surface area contributed by atoms with Crippen molar-refractivity contribution in [3.05, 3.63) is 66.2 Å². The number of rotatable bonds is 5. The van der Waals surface area contributed by atoms with E-state index in [1.165, 1.54) is 0 Å². The van der Waals surface area contributed by atoms with Crippen LogP contribution in [0.4, 0.5) is 10.5 Å². The van der Waals surface area contributed by atoms with Gasteiger partial charge in [-0.1, -0.05) is 48.5 Å².